The summed E-state index contributed by atoms with van der Waals surface area (Å²) in [5.41, 5.74) is -1.02. The Morgan fingerprint density at radius 2 is 2.25 bits per heavy atom. The van der Waals surface area contributed by atoms with Gasteiger partial charge in [-0.3, -0.25) is 4.79 Å². The standard InChI is InChI=1S/C9H12O3/c1-9(12)5-3-2-4-7(9)6-8(10)11/h2-5,7,12H,6H2,1H3,(H,10,11). The van der Waals surface area contributed by atoms with Gasteiger partial charge in [0.2, 0.25) is 0 Å². The Hall–Kier alpha value is -1.09. The molecule has 1 aliphatic rings. The van der Waals surface area contributed by atoms with Crippen LogP contribution in [0.25, 0.3) is 0 Å². The molecule has 0 aromatic carbocycles. The molecule has 0 bridgehead atoms. The van der Waals surface area contributed by atoms with Gasteiger partial charge in [0, 0.05) is 5.92 Å². The zero-order valence-electron chi connectivity index (χ0n) is 6.90. The summed E-state index contributed by atoms with van der Waals surface area (Å²) in [5.74, 6) is -1.21. The molecule has 1 aliphatic carbocycles. The molecule has 0 aliphatic heterocycles. The monoisotopic (exact) mass is 168 g/mol. The van der Waals surface area contributed by atoms with E-state index in [1.165, 1.54) is 0 Å². The number of rotatable bonds is 2. The molecule has 2 atom stereocenters. The Morgan fingerprint density at radius 1 is 1.58 bits per heavy atom. The summed E-state index contributed by atoms with van der Waals surface area (Å²) in [7, 11) is 0. The van der Waals surface area contributed by atoms with Crippen LogP contribution in [0.15, 0.2) is 24.3 Å². The number of hydrogen-bond acceptors (Lipinski definition) is 2. The van der Waals surface area contributed by atoms with E-state index in [4.69, 9.17) is 5.11 Å². The van der Waals surface area contributed by atoms with Crippen molar-refractivity contribution < 1.29 is 15.0 Å². The number of aliphatic carboxylic acids is 1. The Morgan fingerprint density at radius 3 is 2.75 bits per heavy atom. The van der Waals surface area contributed by atoms with Crippen molar-refractivity contribution in [3.8, 4) is 0 Å². The highest BCUT2D eigenvalue weighted by Crippen LogP contribution is 2.26. The number of carboxylic acids is 1. The maximum atomic E-state index is 10.4. The Balaban J connectivity index is 2.70. The molecular formula is C9H12O3. The molecule has 3 nitrogen and oxygen atoms in total. The van der Waals surface area contributed by atoms with Gasteiger partial charge in [-0.25, -0.2) is 0 Å². The predicted molar refractivity (Wildman–Crippen MR) is 44.6 cm³/mol. The number of hydrogen-bond donors (Lipinski definition) is 2. The van der Waals surface area contributed by atoms with Crippen LogP contribution < -0.4 is 0 Å². The molecule has 0 fully saturated rings. The van der Waals surface area contributed by atoms with Crippen LogP contribution in [0.5, 0.6) is 0 Å². The fraction of sp³-hybridized carbons (Fsp3) is 0.444. The fourth-order valence-corrected chi connectivity index (χ4v) is 1.23. The lowest BCUT2D eigenvalue weighted by Crippen LogP contribution is -2.33. The van der Waals surface area contributed by atoms with E-state index in [0.29, 0.717) is 0 Å². The molecule has 0 radical (unpaired) electrons. The molecule has 0 aromatic rings. The van der Waals surface area contributed by atoms with E-state index in [-0.39, 0.29) is 12.3 Å². The summed E-state index contributed by atoms with van der Waals surface area (Å²) in [6.07, 6.45) is 6.77. The summed E-state index contributed by atoms with van der Waals surface area (Å²) in [6, 6.07) is 0. The van der Waals surface area contributed by atoms with E-state index in [2.05, 4.69) is 0 Å². The molecule has 0 spiro atoms. The van der Waals surface area contributed by atoms with E-state index >= 15 is 0 Å². The Kier molecular flexibility index (Phi) is 2.33. The highest BCUT2D eigenvalue weighted by atomic mass is 16.4. The molecule has 1 rings (SSSR count). The second-order valence-corrected chi connectivity index (χ2v) is 3.17. The van der Waals surface area contributed by atoms with Crippen LogP contribution in [-0.4, -0.2) is 21.8 Å². The number of allylic oxidation sites excluding steroid dienone is 2. The van der Waals surface area contributed by atoms with Gasteiger partial charge >= 0.3 is 5.97 Å². The number of carboxylic acid groups (broad SMARTS) is 1. The molecule has 66 valence electrons. The van der Waals surface area contributed by atoms with Gasteiger partial charge in [0.1, 0.15) is 0 Å². The molecule has 12 heavy (non-hydrogen) atoms. The third-order valence-electron chi connectivity index (χ3n) is 2.03. The molecule has 0 saturated heterocycles. The van der Waals surface area contributed by atoms with Crippen molar-refractivity contribution in [2.24, 2.45) is 5.92 Å². The second kappa shape index (κ2) is 3.11. The van der Waals surface area contributed by atoms with Crippen LogP contribution in [0.2, 0.25) is 0 Å². The van der Waals surface area contributed by atoms with E-state index in [9.17, 15) is 9.90 Å². The number of carbonyl (C=O) groups is 1. The van der Waals surface area contributed by atoms with Gasteiger partial charge in [-0.1, -0.05) is 24.3 Å². The molecule has 2 unspecified atom stereocenters. The lowest BCUT2D eigenvalue weighted by molar-refractivity contribution is -0.139. The first kappa shape index (κ1) is 9.00. The van der Waals surface area contributed by atoms with Gasteiger partial charge in [0.05, 0.1) is 12.0 Å². The minimum atomic E-state index is -1.02. The van der Waals surface area contributed by atoms with Crippen LogP contribution in [-0.2, 0) is 4.79 Å². The largest absolute Gasteiger partial charge is 0.481 e. The first-order valence-corrected chi connectivity index (χ1v) is 3.82. The average molecular weight is 168 g/mol. The first-order chi connectivity index (χ1) is 5.52. The summed E-state index contributed by atoms with van der Waals surface area (Å²) in [5, 5.41) is 18.2. The molecule has 0 aromatic heterocycles. The maximum Gasteiger partial charge on any atom is 0.304 e. The SMILES string of the molecule is CC1(O)C=CC=CC1CC(=O)O. The average Bonchev–Trinajstić information content (AvgIpc) is 1.92. The number of aliphatic hydroxyl groups is 1. The summed E-state index contributed by atoms with van der Waals surface area (Å²) in [4.78, 5) is 10.4. The van der Waals surface area contributed by atoms with Crippen LogP contribution in [0.3, 0.4) is 0 Å². The molecule has 3 heteroatoms. The topological polar surface area (TPSA) is 57.5 Å². The van der Waals surface area contributed by atoms with Gasteiger partial charge in [-0.2, -0.15) is 0 Å². The van der Waals surface area contributed by atoms with Crippen molar-refractivity contribution in [3.63, 3.8) is 0 Å². The Bertz CT molecular complexity index is 238. The minimum absolute atomic E-state index is 0.0339. The van der Waals surface area contributed by atoms with Gasteiger partial charge in [0.15, 0.2) is 0 Å². The predicted octanol–water partition coefficient (Wildman–Crippen LogP) is 0.954. The quantitative estimate of drug-likeness (QED) is 0.645. The lowest BCUT2D eigenvalue weighted by atomic mass is 9.83. The Labute approximate surface area is 71.0 Å². The summed E-state index contributed by atoms with van der Waals surface area (Å²) >= 11 is 0. The molecule has 0 amide bonds. The third kappa shape index (κ3) is 1.95. The van der Waals surface area contributed by atoms with Crippen LogP contribution >= 0.6 is 0 Å². The van der Waals surface area contributed by atoms with Gasteiger partial charge < -0.3 is 10.2 Å². The highest BCUT2D eigenvalue weighted by Gasteiger charge is 2.30. The van der Waals surface area contributed by atoms with Crippen molar-refractivity contribution in [3.05, 3.63) is 24.3 Å². The first-order valence-electron chi connectivity index (χ1n) is 3.82. The minimum Gasteiger partial charge on any atom is -0.481 e. The summed E-state index contributed by atoms with van der Waals surface area (Å²) in [6.45, 7) is 1.61. The fourth-order valence-electron chi connectivity index (χ4n) is 1.23. The van der Waals surface area contributed by atoms with E-state index < -0.39 is 11.6 Å². The van der Waals surface area contributed by atoms with Crippen molar-refractivity contribution >= 4 is 5.97 Å². The van der Waals surface area contributed by atoms with Gasteiger partial charge in [0.25, 0.3) is 0 Å². The van der Waals surface area contributed by atoms with E-state index in [0.717, 1.165) is 0 Å². The maximum absolute atomic E-state index is 10.4. The highest BCUT2D eigenvalue weighted by molar-refractivity contribution is 5.67. The van der Waals surface area contributed by atoms with Crippen LogP contribution in [0.1, 0.15) is 13.3 Å². The summed E-state index contributed by atoms with van der Waals surface area (Å²) < 4.78 is 0. The van der Waals surface area contributed by atoms with Crippen molar-refractivity contribution in [1.82, 2.24) is 0 Å². The smallest absolute Gasteiger partial charge is 0.304 e. The molecule has 2 N–H and O–H groups in total. The second-order valence-electron chi connectivity index (χ2n) is 3.17. The molecule has 0 heterocycles. The van der Waals surface area contributed by atoms with E-state index in [1.54, 1.807) is 31.2 Å². The van der Waals surface area contributed by atoms with Crippen LogP contribution in [0.4, 0.5) is 0 Å². The zero-order valence-corrected chi connectivity index (χ0v) is 6.90. The van der Waals surface area contributed by atoms with Gasteiger partial charge in [-0.05, 0) is 6.92 Å². The van der Waals surface area contributed by atoms with E-state index in [1.807, 2.05) is 0 Å². The van der Waals surface area contributed by atoms with Crippen molar-refractivity contribution in [2.45, 2.75) is 18.9 Å². The molecular weight excluding hydrogens is 156 g/mol. The van der Waals surface area contributed by atoms with Crippen molar-refractivity contribution in [1.29, 1.82) is 0 Å². The third-order valence-corrected chi connectivity index (χ3v) is 2.03. The molecule has 0 saturated carbocycles. The van der Waals surface area contributed by atoms with Crippen LogP contribution in [0, 0.1) is 5.92 Å². The van der Waals surface area contributed by atoms with Crippen molar-refractivity contribution in [2.75, 3.05) is 0 Å². The lowest BCUT2D eigenvalue weighted by Gasteiger charge is -2.28. The zero-order chi connectivity index (χ0) is 9.19. The normalized spacial score (nSPS) is 33.7. The van der Waals surface area contributed by atoms with Gasteiger partial charge in [-0.15, -0.1) is 0 Å².